The van der Waals surface area contributed by atoms with E-state index in [1.54, 1.807) is 11.0 Å². The highest BCUT2D eigenvalue weighted by Crippen LogP contribution is 2.13. The molecular weight excluding hydrogens is 255 g/mol. The van der Waals surface area contributed by atoms with Crippen LogP contribution in [0.4, 0.5) is 4.39 Å². The van der Waals surface area contributed by atoms with Gasteiger partial charge in [0.1, 0.15) is 5.82 Å². The lowest BCUT2D eigenvalue weighted by atomic mass is 10.1. The molecule has 3 nitrogen and oxygen atoms in total. The molecule has 0 bridgehead atoms. The van der Waals surface area contributed by atoms with E-state index in [0.717, 1.165) is 0 Å². The van der Waals surface area contributed by atoms with Crippen molar-refractivity contribution in [2.45, 2.75) is 20.8 Å². The fraction of sp³-hybridized carbons (Fsp3) is 0.438. The van der Waals surface area contributed by atoms with Crippen LogP contribution in [0, 0.1) is 23.6 Å². The van der Waals surface area contributed by atoms with Crippen molar-refractivity contribution in [3.8, 4) is 11.8 Å². The Morgan fingerprint density at radius 1 is 1.45 bits per heavy atom. The van der Waals surface area contributed by atoms with Crippen LogP contribution in [0.2, 0.25) is 0 Å². The Labute approximate surface area is 120 Å². The molecule has 4 heteroatoms. The molecule has 0 fully saturated rings. The fourth-order valence-electron chi connectivity index (χ4n) is 1.89. The summed E-state index contributed by atoms with van der Waals surface area (Å²) < 4.78 is 14.0. The van der Waals surface area contributed by atoms with Crippen LogP contribution in [0.1, 0.15) is 36.7 Å². The van der Waals surface area contributed by atoms with Gasteiger partial charge in [-0.3, -0.25) is 4.79 Å². The molecule has 20 heavy (non-hydrogen) atoms. The zero-order chi connectivity index (χ0) is 15.1. The maximum Gasteiger partial charge on any atom is 0.256 e. The van der Waals surface area contributed by atoms with E-state index < -0.39 is 5.82 Å². The molecule has 108 valence electrons. The molecule has 1 amide bonds. The van der Waals surface area contributed by atoms with Gasteiger partial charge in [0.25, 0.3) is 5.91 Å². The highest BCUT2D eigenvalue weighted by molar-refractivity contribution is 5.94. The summed E-state index contributed by atoms with van der Waals surface area (Å²) in [5, 5.41) is 0. The molecule has 0 aliphatic carbocycles. The quantitative estimate of drug-likeness (QED) is 0.857. The maximum absolute atomic E-state index is 14.0. The van der Waals surface area contributed by atoms with E-state index in [1.807, 2.05) is 20.8 Å². The average Bonchev–Trinajstić information content (AvgIpc) is 2.41. The minimum absolute atomic E-state index is 0.0887. The molecule has 0 spiro atoms. The summed E-state index contributed by atoms with van der Waals surface area (Å²) in [7, 11) is 0. The SMILES string of the molecule is CCN(CC(C)C)C(=O)c1ccc(C#CCN)cc1F. The molecule has 1 aromatic rings. The van der Waals surface area contributed by atoms with Crippen LogP contribution in [0.3, 0.4) is 0 Å². The van der Waals surface area contributed by atoms with Crippen molar-refractivity contribution in [2.24, 2.45) is 11.7 Å². The number of carbonyl (C=O) groups excluding carboxylic acids is 1. The molecule has 0 aliphatic rings. The van der Waals surface area contributed by atoms with E-state index in [9.17, 15) is 9.18 Å². The second-order valence-electron chi connectivity index (χ2n) is 4.94. The Kier molecular flexibility index (Phi) is 6.20. The normalized spacial score (nSPS) is 10.1. The lowest BCUT2D eigenvalue weighted by Gasteiger charge is -2.23. The molecule has 1 aromatic carbocycles. The third-order valence-corrected chi connectivity index (χ3v) is 2.79. The van der Waals surface area contributed by atoms with Crippen molar-refractivity contribution in [3.05, 3.63) is 35.1 Å². The van der Waals surface area contributed by atoms with Crippen LogP contribution in [-0.4, -0.2) is 30.4 Å². The Balaban J connectivity index is 2.98. The summed E-state index contributed by atoms with van der Waals surface area (Å²) in [6.07, 6.45) is 0. The number of amides is 1. The zero-order valence-electron chi connectivity index (χ0n) is 12.2. The van der Waals surface area contributed by atoms with Crippen molar-refractivity contribution in [2.75, 3.05) is 19.6 Å². The lowest BCUT2D eigenvalue weighted by molar-refractivity contribution is 0.0741. The molecular formula is C16H21FN2O. The van der Waals surface area contributed by atoms with Crippen LogP contribution in [-0.2, 0) is 0 Å². The summed E-state index contributed by atoms with van der Waals surface area (Å²) in [6.45, 7) is 7.34. The number of benzene rings is 1. The standard InChI is InChI=1S/C16H21FN2O/c1-4-19(11-12(2)3)16(20)14-8-7-13(6-5-9-18)10-15(14)17/h7-8,10,12H,4,9,11,18H2,1-3H3. The first-order valence-corrected chi connectivity index (χ1v) is 6.77. The molecule has 0 atom stereocenters. The van der Waals surface area contributed by atoms with Gasteiger partial charge in [-0.1, -0.05) is 25.7 Å². The van der Waals surface area contributed by atoms with Crippen molar-refractivity contribution in [3.63, 3.8) is 0 Å². The van der Waals surface area contributed by atoms with Gasteiger partial charge in [0, 0.05) is 18.7 Å². The number of nitrogens with two attached hydrogens (primary N) is 1. The van der Waals surface area contributed by atoms with Crippen LogP contribution in [0.25, 0.3) is 0 Å². The minimum atomic E-state index is -0.541. The van der Waals surface area contributed by atoms with Crippen molar-refractivity contribution in [1.29, 1.82) is 0 Å². The Morgan fingerprint density at radius 2 is 2.15 bits per heavy atom. The molecule has 0 heterocycles. The van der Waals surface area contributed by atoms with Gasteiger partial charge >= 0.3 is 0 Å². The zero-order valence-corrected chi connectivity index (χ0v) is 12.2. The molecule has 0 unspecified atom stereocenters. The van der Waals surface area contributed by atoms with E-state index >= 15 is 0 Å². The maximum atomic E-state index is 14.0. The van der Waals surface area contributed by atoms with Gasteiger partial charge in [0.05, 0.1) is 12.1 Å². The summed E-state index contributed by atoms with van der Waals surface area (Å²) in [6, 6.07) is 4.41. The molecule has 0 saturated carbocycles. The van der Waals surface area contributed by atoms with Crippen molar-refractivity contribution < 1.29 is 9.18 Å². The molecule has 0 aromatic heterocycles. The Hall–Kier alpha value is -1.86. The molecule has 2 N–H and O–H groups in total. The predicted molar refractivity (Wildman–Crippen MR) is 78.7 cm³/mol. The molecule has 0 saturated heterocycles. The fourth-order valence-corrected chi connectivity index (χ4v) is 1.89. The minimum Gasteiger partial charge on any atom is -0.339 e. The second kappa shape index (κ2) is 7.66. The van der Waals surface area contributed by atoms with Crippen LogP contribution >= 0.6 is 0 Å². The van der Waals surface area contributed by atoms with Crippen molar-refractivity contribution >= 4 is 5.91 Å². The highest BCUT2D eigenvalue weighted by atomic mass is 19.1. The molecule has 0 aliphatic heterocycles. The van der Waals surface area contributed by atoms with Gasteiger partial charge in [-0.2, -0.15) is 0 Å². The first-order valence-electron chi connectivity index (χ1n) is 6.77. The van der Waals surface area contributed by atoms with E-state index in [-0.39, 0.29) is 18.0 Å². The second-order valence-corrected chi connectivity index (χ2v) is 4.94. The van der Waals surface area contributed by atoms with E-state index in [4.69, 9.17) is 5.73 Å². The number of halogens is 1. The Bertz CT molecular complexity index is 529. The lowest BCUT2D eigenvalue weighted by Crippen LogP contribution is -2.34. The van der Waals surface area contributed by atoms with Crippen LogP contribution in [0.5, 0.6) is 0 Å². The summed E-state index contributed by atoms with van der Waals surface area (Å²) in [5.74, 6) is 4.93. The van der Waals surface area contributed by atoms with Gasteiger partial charge in [0.15, 0.2) is 0 Å². The number of carbonyl (C=O) groups is 1. The number of nitrogens with zero attached hydrogens (tertiary/aromatic N) is 1. The highest BCUT2D eigenvalue weighted by Gasteiger charge is 2.18. The summed E-state index contributed by atoms with van der Waals surface area (Å²) >= 11 is 0. The van der Waals surface area contributed by atoms with Crippen LogP contribution in [0.15, 0.2) is 18.2 Å². The van der Waals surface area contributed by atoms with Gasteiger partial charge in [-0.15, -0.1) is 0 Å². The Morgan fingerprint density at radius 3 is 2.65 bits per heavy atom. The van der Waals surface area contributed by atoms with E-state index in [1.165, 1.54) is 12.1 Å². The van der Waals surface area contributed by atoms with E-state index in [2.05, 4.69) is 11.8 Å². The van der Waals surface area contributed by atoms with Gasteiger partial charge in [0.2, 0.25) is 0 Å². The smallest absolute Gasteiger partial charge is 0.256 e. The third kappa shape index (κ3) is 4.36. The van der Waals surface area contributed by atoms with Crippen LogP contribution < -0.4 is 5.73 Å². The monoisotopic (exact) mass is 276 g/mol. The number of rotatable bonds is 4. The topological polar surface area (TPSA) is 46.3 Å². The summed E-state index contributed by atoms with van der Waals surface area (Å²) in [5.41, 5.74) is 5.88. The van der Waals surface area contributed by atoms with Gasteiger partial charge in [-0.05, 0) is 31.0 Å². The number of hydrogen-bond donors (Lipinski definition) is 1. The number of hydrogen-bond acceptors (Lipinski definition) is 2. The van der Waals surface area contributed by atoms with Crippen molar-refractivity contribution in [1.82, 2.24) is 4.90 Å². The van der Waals surface area contributed by atoms with Gasteiger partial charge in [-0.25, -0.2) is 4.39 Å². The van der Waals surface area contributed by atoms with E-state index in [0.29, 0.717) is 24.6 Å². The third-order valence-electron chi connectivity index (χ3n) is 2.79. The first-order chi connectivity index (χ1) is 9.49. The van der Waals surface area contributed by atoms with Gasteiger partial charge < -0.3 is 10.6 Å². The average molecular weight is 276 g/mol. The summed E-state index contributed by atoms with van der Waals surface area (Å²) in [4.78, 5) is 13.9. The largest absolute Gasteiger partial charge is 0.339 e. The first kappa shape index (κ1) is 16.2. The molecule has 0 radical (unpaired) electrons. The molecule has 1 rings (SSSR count). The predicted octanol–water partition coefficient (Wildman–Crippen LogP) is 2.25.